The average molecular weight is 598 g/mol. The molecule has 2 heterocycles. The summed E-state index contributed by atoms with van der Waals surface area (Å²) in [6, 6.07) is 14.8. The number of hydrogen-bond donors (Lipinski definition) is 2. The van der Waals surface area contributed by atoms with E-state index in [9.17, 15) is 9.59 Å². The van der Waals surface area contributed by atoms with Gasteiger partial charge in [-0.2, -0.15) is 0 Å². The summed E-state index contributed by atoms with van der Waals surface area (Å²) in [5.41, 5.74) is 6.45. The summed E-state index contributed by atoms with van der Waals surface area (Å²) in [6.45, 7) is 15.6. The Labute approximate surface area is 262 Å². The van der Waals surface area contributed by atoms with Crippen LogP contribution in [0.4, 0.5) is 5.69 Å². The molecule has 1 atom stereocenters. The van der Waals surface area contributed by atoms with Gasteiger partial charge in [0.25, 0.3) is 11.8 Å². The van der Waals surface area contributed by atoms with Gasteiger partial charge in [0.05, 0.1) is 7.11 Å². The molecule has 2 amide bonds. The van der Waals surface area contributed by atoms with Gasteiger partial charge in [-0.3, -0.25) is 14.6 Å². The second kappa shape index (κ2) is 15.5. The van der Waals surface area contributed by atoms with Crippen molar-refractivity contribution in [3.8, 4) is 5.75 Å². The summed E-state index contributed by atoms with van der Waals surface area (Å²) in [5, 5.41) is 5.91. The minimum atomic E-state index is -0.149. The molecule has 1 fully saturated rings. The van der Waals surface area contributed by atoms with Crippen LogP contribution in [0.3, 0.4) is 0 Å². The van der Waals surface area contributed by atoms with Crippen molar-refractivity contribution in [2.75, 3.05) is 38.2 Å². The van der Waals surface area contributed by atoms with E-state index in [4.69, 9.17) is 4.74 Å². The number of nitrogens with zero attached hydrogens (tertiary/aromatic N) is 3. The molecule has 0 radical (unpaired) electrons. The Hall–Kier alpha value is -4.17. The van der Waals surface area contributed by atoms with Crippen LogP contribution in [0.15, 0.2) is 67.5 Å². The molecular formula is C36H47N5O3. The molecule has 1 aromatic heterocycles. The maximum Gasteiger partial charge on any atom is 0.252 e. The van der Waals surface area contributed by atoms with Gasteiger partial charge in [-0.15, -0.1) is 6.58 Å². The number of methoxy groups -OCH3 is 1. The molecule has 44 heavy (non-hydrogen) atoms. The number of rotatable bonds is 13. The first-order chi connectivity index (χ1) is 21.2. The number of likely N-dealkylation sites (tertiary alicyclic amines) is 1. The van der Waals surface area contributed by atoms with E-state index in [0.717, 1.165) is 55.8 Å². The molecule has 0 saturated carbocycles. The van der Waals surface area contributed by atoms with Gasteiger partial charge in [0.2, 0.25) is 0 Å². The lowest BCUT2D eigenvalue weighted by Crippen LogP contribution is -2.48. The van der Waals surface area contributed by atoms with Gasteiger partial charge in [-0.1, -0.05) is 6.08 Å². The molecular weight excluding hydrogens is 550 g/mol. The second-order valence-corrected chi connectivity index (χ2v) is 11.8. The molecule has 8 nitrogen and oxygen atoms in total. The number of pyridine rings is 1. The Morgan fingerprint density at radius 3 is 2.34 bits per heavy atom. The fraction of sp³-hybridized carbons (Fsp3) is 0.417. The number of hydrogen-bond acceptors (Lipinski definition) is 6. The van der Waals surface area contributed by atoms with Crippen molar-refractivity contribution in [3.05, 3.63) is 101 Å². The van der Waals surface area contributed by atoms with E-state index in [1.165, 1.54) is 16.8 Å². The SMILES string of the molecule is C=CCNC(=O)c1c(C)cc(C(=O)NCC[C@@H](C)N2CCC(N(Cc3cnccc3C)c3ccc(OC)cc3)CC2)cc1C. The summed E-state index contributed by atoms with van der Waals surface area (Å²) in [7, 11) is 1.70. The zero-order valence-electron chi connectivity index (χ0n) is 26.9. The van der Waals surface area contributed by atoms with Crippen LogP contribution in [0.5, 0.6) is 5.75 Å². The molecule has 234 valence electrons. The second-order valence-electron chi connectivity index (χ2n) is 11.8. The number of benzene rings is 2. The molecule has 0 unspecified atom stereocenters. The summed E-state index contributed by atoms with van der Waals surface area (Å²) < 4.78 is 5.40. The highest BCUT2D eigenvalue weighted by Gasteiger charge is 2.28. The van der Waals surface area contributed by atoms with Crippen molar-refractivity contribution in [1.82, 2.24) is 20.5 Å². The van der Waals surface area contributed by atoms with Crippen LogP contribution in [-0.2, 0) is 6.54 Å². The van der Waals surface area contributed by atoms with Crippen molar-refractivity contribution in [2.45, 2.75) is 65.6 Å². The number of piperidine rings is 1. The first kappa shape index (κ1) is 32.7. The normalized spacial score (nSPS) is 14.5. The third-order valence-electron chi connectivity index (χ3n) is 8.73. The van der Waals surface area contributed by atoms with E-state index in [0.29, 0.717) is 36.3 Å². The first-order valence-corrected chi connectivity index (χ1v) is 15.5. The number of anilines is 1. The molecule has 2 aromatic carbocycles. The van der Waals surface area contributed by atoms with Gasteiger partial charge in [-0.25, -0.2) is 0 Å². The van der Waals surface area contributed by atoms with Crippen molar-refractivity contribution in [1.29, 1.82) is 0 Å². The summed E-state index contributed by atoms with van der Waals surface area (Å²) in [6.07, 6.45) is 8.47. The Morgan fingerprint density at radius 2 is 1.73 bits per heavy atom. The summed E-state index contributed by atoms with van der Waals surface area (Å²) >= 11 is 0. The molecule has 1 aliphatic rings. The predicted octanol–water partition coefficient (Wildman–Crippen LogP) is 5.61. The quantitative estimate of drug-likeness (QED) is 0.249. The number of carbonyl (C=O) groups is 2. The first-order valence-electron chi connectivity index (χ1n) is 15.5. The van der Waals surface area contributed by atoms with Gasteiger partial charge in [0.15, 0.2) is 0 Å². The van der Waals surface area contributed by atoms with Gasteiger partial charge in [0.1, 0.15) is 5.75 Å². The highest BCUT2D eigenvalue weighted by molar-refractivity contribution is 6.00. The molecule has 0 aliphatic carbocycles. The van der Waals surface area contributed by atoms with Gasteiger partial charge in [0, 0.05) is 74.0 Å². The molecule has 0 spiro atoms. The molecule has 4 rings (SSSR count). The maximum absolute atomic E-state index is 13.0. The van der Waals surface area contributed by atoms with E-state index in [-0.39, 0.29) is 11.8 Å². The zero-order chi connectivity index (χ0) is 31.6. The van der Waals surface area contributed by atoms with Crippen molar-refractivity contribution in [2.24, 2.45) is 0 Å². The lowest BCUT2D eigenvalue weighted by atomic mass is 9.98. The smallest absolute Gasteiger partial charge is 0.252 e. The van der Waals surface area contributed by atoms with E-state index >= 15 is 0 Å². The van der Waals surface area contributed by atoms with Gasteiger partial charge < -0.3 is 25.2 Å². The Kier molecular flexibility index (Phi) is 11.6. The largest absolute Gasteiger partial charge is 0.497 e. The van der Waals surface area contributed by atoms with Crippen molar-refractivity contribution < 1.29 is 14.3 Å². The van der Waals surface area contributed by atoms with E-state index in [1.807, 2.05) is 38.4 Å². The number of aromatic nitrogens is 1. The Bertz CT molecular complexity index is 1410. The Balaban J connectivity index is 1.31. The summed E-state index contributed by atoms with van der Waals surface area (Å²) in [5.74, 6) is 0.598. The molecule has 0 bridgehead atoms. The molecule has 1 aliphatic heterocycles. The molecule has 3 aromatic rings. The number of ether oxygens (including phenoxy) is 1. The average Bonchev–Trinajstić information content (AvgIpc) is 3.03. The van der Waals surface area contributed by atoms with Crippen molar-refractivity contribution >= 4 is 17.5 Å². The van der Waals surface area contributed by atoms with Crippen LogP contribution in [0.1, 0.15) is 69.2 Å². The van der Waals surface area contributed by atoms with E-state index in [1.54, 1.807) is 25.3 Å². The topological polar surface area (TPSA) is 86.8 Å². The highest BCUT2D eigenvalue weighted by Crippen LogP contribution is 2.29. The highest BCUT2D eigenvalue weighted by atomic mass is 16.5. The standard InChI is InChI=1S/C36H47N5O3/c1-7-16-38-36(43)34-26(3)21-29(22-27(34)4)35(42)39-18-13-28(5)40-19-14-32(15-20-40)41(24-30-23-37-17-12-25(30)2)31-8-10-33(44-6)11-9-31/h7-12,17,21-23,28,32H,1,13-16,18-20,24H2,2-6H3,(H,38,43)(H,39,42)/t28-/m1/s1. The maximum atomic E-state index is 13.0. The third kappa shape index (κ3) is 8.26. The van der Waals surface area contributed by atoms with Crippen LogP contribution in [0.2, 0.25) is 0 Å². The number of carbonyl (C=O) groups excluding carboxylic acids is 2. The van der Waals surface area contributed by atoms with Gasteiger partial charge in [-0.05, 0) is 112 Å². The predicted molar refractivity (Wildman–Crippen MR) is 178 cm³/mol. The minimum absolute atomic E-state index is 0.110. The molecule has 2 N–H and O–H groups in total. The van der Waals surface area contributed by atoms with Crippen LogP contribution < -0.4 is 20.3 Å². The fourth-order valence-corrected chi connectivity index (χ4v) is 6.07. The lowest BCUT2D eigenvalue weighted by molar-refractivity contribution is 0.0937. The van der Waals surface area contributed by atoms with Crippen LogP contribution in [0.25, 0.3) is 0 Å². The van der Waals surface area contributed by atoms with E-state index < -0.39 is 0 Å². The fourth-order valence-electron chi connectivity index (χ4n) is 6.07. The van der Waals surface area contributed by atoms with Crippen molar-refractivity contribution in [3.63, 3.8) is 0 Å². The molecule has 1 saturated heterocycles. The minimum Gasteiger partial charge on any atom is -0.497 e. The third-order valence-corrected chi connectivity index (χ3v) is 8.73. The lowest BCUT2D eigenvalue weighted by Gasteiger charge is -2.42. The van der Waals surface area contributed by atoms with Crippen LogP contribution in [0, 0.1) is 20.8 Å². The van der Waals surface area contributed by atoms with Crippen LogP contribution in [-0.4, -0.2) is 67.1 Å². The Morgan fingerprint density at radius 1 is 1.05 bits per heavy atom. The van der Waals surface area contributed by atoms with Gasteiger partial charge >= 0.3 is 0 Å². The molecule has 8 heteroatoms. The van der Waals surface area contributed by atoms with Crippen LogP contribution >= 0.6 is 0 Å². The zero-order valence-corrected chi connectivity index (χ0v) is 26.9. The monoisotopic (exact) mass is 597 g/mol. The van der Waals surface area contributed by atoms with E-state index in [2.05, 4.69) is 64.0 Å². The number of amides is 2. The number of nitrogens with one attached hydrogen (secondary N) is 2. The number of aryl methyl sites for hydroxylation is 3. The summed E-state index contributed by atoms with van der Waals surface area (Å²) in [4.78, 5) is 34.9.